The summed E-state index contributed by atoms with van der Waals surface area (Å²) in [6.07, 6.45) is -4.06. The monoisotopic (exact) mass is 345 g/mol. The lowest BCUT2D eigenvalue weighted by Crippen LogP contribution is -2.43. The Morgan fingerprint density at radius 2 is 2.08 bits per heavy atom. The third-order valence-electron chi connectivity index (χ3n) is 4.47. The first-order valence-electron chi connectivity index (χ1n) is 7.99. The SMILES string of the molecule is COc1cccc([C@H](O)CNC(=O)[C@H]2CCCC[C@H]2C(F)(F)F)c1. The minimum atomic E-state index is -4.37. The van der Waals surface area contributed by atoms with Gasteiger partial charge < -0.3 is 15.2 Å². The summed E-state index contributed by atoms with van der Waals surface area (Å²) < 4.78 is 44.2. The molecule has 1 aliphatic carbocycles. The van der Waals surface area contributed by atoms with Crippen LogP contribution in [-0.4, -0.2) is 30.8 Å². The fraction of sp³-hybridized carbons (Fsp3) is 0.588. The molecule has 3 atom stereocenters. The van der Waals surface area contributed by atoms with Crippen LogP contribution in [0.1, 0.15) is 37.4 Å². The van der Waals surface area contributed by atoms with E-state index in [1.165, 1.54) is 7.11 Å². The quantitative estimate of drug-likeness (QED) is 0.861. The van der Waals surface area contributed by atoms with E-state index in [2.05, 4.69) is 5.32 Å². The summed E-state index contributed by atoms with van der Waals surface area (Å²) in [6.45, 7) is -0.132. The summed E-state index contributed by atoms with van der Waals surface area (Å²) in [7, 11) is 1.49. The number of methoxy groups -OCH3 is 1. The van der Waals surface area contributed by atoms with Gasteiger partial charge in [0.15, 0.2) is 0 Å². The highest BCUT2D eigenvalue weighted by Crippen LogP contribution is 2.41. The Kier molecular flexibility index (Phi) is 6.10. The average Bonchev–Trinajstić information content (AvgIpc) is 2.58. The number of ether oxygens (including phenoxy) is 1. The minimum absolute atomic E-state index is 0.0139. The standard InChI is InChI=1S/C17H22F3NO3/c1-24-12-6-4-5-11(9-12)15(22)10-21-16(23)13-7-2-3-8-14(13)17(18,19)20/h4-6,9,13-15,22H,2-3,7-8,10H2,1H3,(H,21,23)/t13-,14+,15+/m0/s1. The number of carbonyl (C=O) groups excluding carboxylic acids is 1. The zero-order valence-electron chi connectivity index (χ0n) is 13.5. The predicted octanol–water partition coefficient (Wildman–Crippen LogP) is 3.21. The first kappa shape index (κ1) is 18.6. The van der Waals surface area contributed by atoms with E-state index < -0.39 is 30.0 Å². The number of halogens is 3. The lowest BCUT2D eigenvalue weighted by molar-refractivity contribution is -0.198. The molecule has 7 heteroatoms. The molecule has 1 aliphatic rings. The normalized spacial score (nSPS) is 22.7. The van der Waals surface area contributed by atoms with Crippen LogP contribution in [0.25, 0.3) is 0 Å². The zero-order valence-corrected chi connectivity index (χ0v) is 13.5. The van der Waals surface area contributed by atoms with Crippen LogP contribution in [0.2, 0.25) is 0 Å². The molecule has 0 aliphatic heterocycles. The number of amides is 1. The van der Waals surface area contributed by atoms with Crippen molar-refractivity contribution in [1.29, 1.82) is 0 Å². The van der Waals surface area contributed by atoms with Crippen LogP contribution in [0.15, 0.2) is 24.3 Å². The molecule has 0 bridgehead atoms. The second-order valence-corrected chi connectivity index (χ2v) is 6.08. The summed E-state index contributed by atoms with van der Waals surface area (Å²) in [5.74, 6) is -2.75. The van der Waals surface area contributed by atoms with Crippen LogP contribution in [0, 0.1) is 11.8 Å². The summed E-state index contributed by atoms with van der Waals surface area (Å²) in [6, 6.07) is 6.69. The maximum Gasteiger partial charge on any atom is 0.392 e. The van der Waals surface area contributed by atoms with Gasteiger partial charge in [-0.25, -0.2) is 0 Å². The van der Waals surface area contributed by atoms with Crippen molar-refractivity contribution in [2.45, 2.75) is 38.0 Å². The van der Waals surface area contributed by atoms with Crippen molar-refractivity contribution in [3.05, 3.63) is 29.8 Å². The Labute approximate surface area is 139 Å². The van der Waals surface area contributed by atoms with Crippen LogP contribution >= 0.6 is 0 Å². The van der Waals surface area contributed by atoms with E-state index in [1.807, 2.05) is 0 Å². The summed E-state index contributed by atoms with van der Waals surface area (Å²) >= 11 is 0. The van der Waals surface area contributed by atoms with E-state index in [-0.39, 0.29) is 19.4 Å². The lowest BCUT2D eigenvalue weighted by atomic mass is 9.78. The topological polar surface area (TPSA) is 58.6 Å². The highest BCUT2D eigenvalue weighted by Gasteiger charge is 2.47. The van der Waals surface area contributed by atoms with E-state index >= 15 is 0 Å². The summed E-state index contributed by atoms with van der Waals surface area (Å²) in [5.41, 5.74) is 0.533. The van der Waals surface area contributed by atoms with Crippen molar-refractivity contribution in [2.24, 2.45) is 11.8 Å². The molecule has 134 valence electrons. The Balaban J connectivity index is 1.96. The van der Waals surface area contributed by atoms with Crippen molar-refractivity contribution in [3.63, 3.8) is 0 Å². The van der Waals surface area contributed by atoms with Crippen molar-refractivity contribution in [1.82, 2.24) is 5.32 Å². The fourth-order valence-corrected chi connectivity index (χ4v) is 3.13. The number of aliphatic hydroxyl groups excluding tert-OH is 1. The molecular formula is C17H22F3NO3. The van der Waals surface area contributed by atoms with E-state index in [0.717, 1.165) is 0 Å². The molecule has 0 unspecified atom stereocenters. The lowest BCUT2D eigenvalue weighted by Gasteiger charge is -2.32. The molecule has 0 heterocycles. The Hall–Kier alpha value is -1.76. The largest absolute Gasteiger partial charge is 0.497 e. The number of hydrogen-bond acceptors (Lipinski definition) is 3. The van der Waals surface area contributed by atoms with Crippen LogP contribution in [0.3, 0.4) is 0 Å². The van der Waals surface area contributed by atoms with Gasteiger partial charge in [0.1, 0.15) is 5.75 Å². The van der Waals surface area contributed by atoms with E-state index in [1.54, 1.807) is 24.3 Å². The molecular weight excluding hydrogens is 323 g/mol. The molecule has 24 heavy (non-hydrogen) atoms. The van der Waals surface area contributed by atoms with E-state index in [0.29, 0.717) is 24.2 Å². The van der Waals surface area contributed by atoms with E-state index in [9.17, 15) is 23.1 Å². The molecule has 2 rings (SSSR count). The maximum atomic E-state index is 13.1. The molecule has 1 saturated carbocycles. The molecule has 4 nitrogen and oxygen atoms in total. The number of benzene rings is 1. The molecule has 1 amide bonds. The number of nitrogens with one attached hydrogen (secondary N) is 1. The van der Waals surface area contributed by atoms with Crippen LogP contribution in [0.4, 0.5) is 13.2 Å². The van der Waals surface area contributed by atoms with Gasteiger partial charge >= 0.3 is 6.18 Å². The predicted molar refractivity (Wildman–Crippen MR) is 82.5 cm³/mol. The molecule has 1 aromatic rings. The third kappa shape index (κ3) is 4.63. The van der Waals surface area contributed by atoms with Gasteiger partial charge in [0, 0.05) is 12.5 Å². The highest BCUT2D eigenvalue weighted by atomic mass is 19.4. The van der Waals surface area contributed by atoms with Gasteiger partial charge in [-0.05, 0) is 30.5 Å². The first-order valence-corrected chi connectivity index (χ1v) is 7.99. The van der Waals surface area contributed by atoms with Gasteiger partial charge in [-0.15, -0.1) is 0 Å². The molecule has 1 aromatic carbocycles. The van der Waals surface area contributed by atoms with Crippen molar-refractivity contribution >= 4 is 5.91 Å². The molecule has 2 N–H and O–H groups in total. The average molecular weight is 345 g/mol. The molecule has 0 saturated heterocycles. The fourth-order valence-electron chi connectivity index (χ4n) is 3.13. The molecule has 0 spiro atoms. The zero-order chi connectivity index (χ0) is 17.7. The van der Waals surface area contributed by atoms with Gasteiger partial charge in [0.2, 0.25) is 5.91 Å². The minimum Gasteiger partial charge on any atom is -0.497 e. The van der Waals surface area contributed by atoms with Crippen LogP contribution in [-0.2, 0) is 4.79 Å². The Morgan fingerprint density at radius 3 is 2.75 bits per heavy atom. The summed E-state index contributed by atoms with van der Waals surface area (Å²) in [4.78, 5) is 12.2. The number of hydrogen-bond donors (Lipinski definition) is 2. The molecule has 0 aromatic heterocycles. The van der Waals surface area contributed by atoms with Crippen molar-refractivity contribution in [3.8, 4) is 5.75 Å². The second kappa shape index (κ2) is 7.88. The van der Waals surface area contributed by atoms with Gasteiger partial charge in [-0.2, -0.15) is 13.2 Å². The van der Waals surface area contributed by atoms with Crippen molar-refractivity contribution in [2.75, 3.05) is 13.7 Å². The smallest absolute Gasteiger partial charge is 0.392 e. The molecule has 1 fully saturated rings. The first-order chi connectivity index (χ1) is 11.3. The van der Waals surface area contributed by atoms with Gasteiger partial charge in [-0.3, -0.25) is 4.79 Å². The third-order valence-corrected chi connectivity index (χ3v) is 4.47. The van der Waals surface area contributed by atoms with E-state index in [4.69, 9.17) is 4.74 Å². The molecule has 0 radical (unpaired) electrons. The van der Waals surface area contributed by atoms with Gasteiger partial charge in [0.25, 0.3) is 0 Å². The Bertz CT molecular complexity index is 562. The van der Waals surface area contributed by atoms with Gasteiger partial charge in [-0.1, -0.05) is 25.0 Å². The van der Waals surface area contributed by atoms with Crippen LogP contribution < -0.4 is 10.1 Å². The maximum absolute atomic E-state index is 13.1. The Morgan fingerprint density at radius 1 is 1.38 bits per heavy atom. The van der Waals surface area contributed by atoms with Crippen LogP contribution in [0.5, 0.6) is 5.75 Å². The van der Waals surface area contributed by atoms with Gasteiger partial charge in [0.05, 0.1) is 19.1 Å². The second-order valence-electron chi connectivity index (χ2n) is 6.08. The van der Waals surface area contributed by atoms with Crippen molar-refractivity contribution < 1.29 is 27.8 Å². The number of carbonyl (C=O) groups is 1. The summed E-state index contributed by atoms with van der Waals surface area (Å²) in [5, 5.41) is 12.6. The highest BCUT2D eigenvalue weighted by molar-refractivity contribution is 5.79. The number of alkyl halides is 3. The number of aliphatic hydroxyl groups is 1. The number of rotatable bonds is 5.